The van der Waals surface area contributed by atoms with Gasteiger partial charge in [-0.3, -0.25) is 9.59 Å². The minimum Gasteiger partial charge on any atom is -0.443 e. The highest BCUT2D eigenvalue weighted by Gasteiger charge is 2.20. The fraction of sp³-hybridized carbons (Fsp3) is 0.259. The number of anilines is 1. The summed E-state index contributed by atoms with van der Waals surface area (Å²) in [5.41, 5.74) is 2.85. The molecular weight excluding hydrogens is 460 g/mol. The first-order chi connectivity index (χ1) is 17.0. The Morgan fingerprint density at radius 2 is 1.69 bits per heavy atom. The Bertz CT molecular complexity index is 1320. The second-order valence-corrected chi connectivity index (χ2v) is 9.19. The summed E-state index contributed by atoms with van der Waals surface area (Å²) in [7, 11) is 0. The van der Waals surface area contributed by atoms with E-state index < -0.39 is 0 Å². The van der Waals surface area contributed by atoms with Gasteiger partial charge in [0.25, 0.3) is 5.91 Å². The normalized spacial score (nSPS) is 11.9. The lowest BCUT2D eigenvalue weighted by molar-refractivity contribution is -0.119. The van der Waals surface area contributed by atoms with Gasteiger partial charge < -0.3 is 15.1 Å². The first kappa shape index (κ1) is 24.5. The van der Waals surface area contributed by atoms with E-state index in [1.807, 2.05) is 50.2 Å². The van der Waals surface area contributed by atoms with Gasteiger partial charge in [-0.2, -0.15) is 4.98 Å². The maximum atomic E-state index is 12.8. The lowest BCUT2D eigenvalue weighted by Gasteiger charge is -2.18. The van der Waals surface area contributed by atoms with Crippen LogP contribution in [0.25, 0.3) is 11.1 Å². The van der Waals surface area contributed by atoms with E-state index in [2.05, 4.69) is 27.5 Å². The van der Waals surface area contributed by atoms with E-state index >= 15 is 0 Å². The lowest BCUT2D eigenvalue weighted by atomic mass is 10.0. The van der Waals surface area contributed by atoms with E-state index in [1.165, 1.54) is 11.8 Å². The highest BCUT2D eigenvalue weighted by Crippen LogP contribution is 2.31. The number of benzene rings is 2. The molecule has 1 unspecified atom stereocenters. The third kappa shape index (κ3) is 5.89. The molecule has 2 heterocycles. The smallest absolute Gasteiger partial charge is 0.256 e. The molecule has 180 valence electrons. The lowest BCUT2D eigenvalue weighted by Crippen LogP contribution is -2.30. The summed E-state index contributed by atoms with van der Waals surface area (Å²) < 4.78 is 5.81. The summed E-state index contributed by atoms with van der Waals surface area (Å²) >= 11 is 1.21. The van der Waals surface area contributed by atoms with Crippen LogP contribution in [0, 0.1) is 13.8 Å². The standard InChI is InChI=1S/C27H28N4O3S/c1-4-11-21(19-12-7-5-8-13-19)28-22(32)16-35-27-30-24(23-17(2)18(3)34-26(23)31-27)29-25(33)20-14-9-6-10-15-20/h5-10,12-15,21H,4,11,16H2,1-3H3,(H,28,32)(H,29,30,31,33). The van der Waals surface area contributed by atoms with E-state index in [1.54, 1.807) is 24.3 Å². The molecule has 7 nitrogen and oxygen atoms in total. The molecule has 0 aliphatic heterocycles. The number of hydrogen-bond donors (Lipinski definition) is 2. The van der Waals surface area contributed by atoms with E-state index in [0.717, 1.165) is 24.0 Å². The summed E-state index contributed by atoms with van der Waals surface area (Å²) in [5.74, 6) is 0.831. The van der Waals surface area contributed by atoms with Crippen LogP contribution in [0.3, 0.4) is 0 Å². The average Bonchev–Trinajstić information content (AvgIpc) is 3.16. The predicted molar refractivity (Wildman–Crippen MR) is 139 cm³/mol. The molecule has 0 radical (unpaired) electrons. The van der Waals surface area contributed by atoms with Crippen LogP contribution in [-0.4, -0.2) is 27.5 Å². The molecular formula is C27H28N4O3S. The van der Waals surface area contributed by atoms with E-state index in [9.17, 15) is 9.59 Å². The Morgan fingerprint density at radius 1 is 1.00 bits per heavy atom. The van der Waals surface area contributed by atoms with Gasteiger partial charge >= 0.3 is 0 Å². The number of fused-ring (bicyclic) bond motifs is 1. The maximum Gasteiger partial charge on any atom is 0.256 e. The molecule has 8 heteroatoms. The van der Waals surface area contributed by atoms with E-state index in [0.29, 0.717) is 33.4 Å². The first-order valence-corrected chi connectivity index (χ1v) is 12.6. The van der Waals surface area contributed by atoms with Gasteiger partial charge in [-0.15, -0.1) is 0 Å². The van der Waals surface area contributed by atoms with Crippen LogP contribution in [0.15, 0.2) is 70.2 Å². The quantitative estimate of drug-likeness (QED) is 0.227. The Hall–Kier alpha value is -3.65. The van der Waals surface area contributed by atoms with Crippen molar-refractivity contribution >= 4 is 40.5 Å². The third-order valence-electron chi connectivity index (χ3n) is 5.72. The van der Waals surface area contributed by atoms with Gasteiger partial charge in [0.05, 0.1) is 17.2 Å². The second kappa shape index (κ2) is 11.2. The maximum absolute atomic E-state index is 12.8. The molecule has 0 spiro atoms. The molecule has 0 saturated carbocycles. The minimum absolute atomic E-state index is 0.0474. The summed E-state index contributed by atoms with van der Waals surface area (Å²) in [6, 6.07) is 18.8. The van der Waals surface area contributed by atoms with Crippen molar-refractivity contribution in [1.82, 2.24) is 15.3 Å². The minimum atomic E-state index is -0.275. The molecule has 2 N–H and O–H groups in total. The van der Waals surface area contributed by atoms with Crippen molar-refractivity contribution in [3.63, 3.8) is 0 Å². The second-order valence-electron chi connectivity index (χ2n) is 8.25. The molecule has 0 saturated heterocycles. The fourth-order valence-electron chi connectivity index (χ4n) is 3.82. The Labute approximate surface area is 208 Å². The van der Waals surface area contributed by atoms with Crippen molar-refractivity contribution in [2.24, 2.45) is 0 Å². The number of hydrogen-bond acceptors (Lipinski definition) is 6. The molecule has 0 aliphatic rings. The summed E-state index contributed by atoms with van der Waals surface area (Å²) in [6.45, 7) is 5.84. The summed E-state index contributed by atoms with van der Waals surface area (Å²) in [4.78, 5) is 34.6. The van der Waals surface area contributed by atoms with Crippen LogP contribution >= 0.6 is 11.8 Å². The SMILES string of the molecule is CCCC(NC(=O)CSc1nc(NC(=O)c2ccccc2)c2c(C)c(C)oc2n1)c1ccccc1. The van der Waals surface area contributed by atoms with Crippen LogP contribution in [0.1, 0.15) is 53.1 Å². The number of aryl methyl sites for hydroxylation is 2. The zero-order valence-corrected chi connectivity index (χ0v) is 20.8. The number of furan rings is 1. The van der Waals surface area contributed by atoms with Crippen LogP contribution in [0.4, 0.5) is 5.82 Å². The predicted octanol–water partition coefficient (Wildman–Crippen LogP) is 5.84. The zero-order valence-electron chi connectivity index (χ0n) is 20.0. The Kier molecular flexibility index (Phi) is 7.82. The molecule has 0 aliphatic carbocycles. The average molecular weight is 489 g/mol. The van der Waals surface area contributed by atoms with Crippen LogP contribution in [0.2, 0.25) is 0 Å². The van der Waals surface area contributed by atoms with Crippen LogP contribution < -0.4 is 10.6 Å². The van der Waals surface area contributed by atoms with Gasteiger partial charge in [-0.1, -0.05) is 73.6 Å². The number of nitrogens with zero attached hydrogens (tertiary/aromatic N) is 2. The topological polar surface area (TPSA) is 97.1 Å². The largest absolute Gasteiger partial charge is 0.443 e. The van der Waals surface area contributed by atoms with Crippen LogP contribution in [-0.2, 0) is 4.79 Å². The van der Waals surface area contributed by atoms with Crippen molar-refractivity contribution in [1.29, 1.82) is 0 Å². The Balaban J connectivity index is 1.52. The molecule has 2 amide bonds. The molecule has 2 aromatic heterocycles. The molecule has 2 aromatic carbocycles. The molecule has 4 rings (SSSR count). The number of thioether (sulfide) groups is 1. The summed E-state index contributed by atoms with van der Waals surface area (Å²) in [6.07, 6.45) is 1.80. The first-order valence-electron chi connectivity index (χ1n) is 11.6. The number of nitrogens with one attached hydrogen (secondary N) is 2. The summed E-state index contributed by atoms with van der Waals surface area (Å²) in [5, 5.41) is 7.02. The van der Waals surface area contributed by atoms with E-state index in [-0.39, 0.29) is 23.6 Å². The van der Waals surface area contributed by atoms with Gasteiger partial charge in [0, 0.05) is 11.1 Å². The van der Waals surface area contributed by atoms with Gasteiger partial charge in [0.1, 0.15) is 11.6 Å². The van der Waals surface area contributed by atoms with Crippen molar-refractivity contribution in [2.45, 2.75) is 44.8 Å². The highest BCUT2D eigenvalue weighted by atomic mass is 32.2. The molecule has 4 aromatic rings. The molecule has 35 heavy (non-hydrogen) atoms. The Morgan fingerprint density at radius 3 is 2.37 bits per heavy atom. The van der Waals surface area contributed by atoms with E-state index in [4.69, 9.17) is 4.42 Å². The van der Waals surface area contributed by atoms with Gasteiger partial charge in [0.15, 0.2) is 5.16 Å². The van der Waals surface area contributed by atoms with Crippen molar-refractivity contribution < 1.29 is 14.0 Å². The molecule has 0 fully saturated rings. The van der Waals surface area contributed by atoms with Gasteiger partial charge in [0.2, 0.25) is 11.6 Å². The third-order valence-corrected chi connectivity index (χ3v) is 6.57. The number of amides is 2. The highest BCUT2D eigenvalue weighted by molar-refractivity contribution is 7.99. The number of aromatic nitrogens is 2. The van der Waals surface area contributed by atoms with Crippen molar-refractivity contribution in [3.05, 3.63) is 83.1 Å². The monoisotopic (exact) mass is 488 g/mol. The number of carbonyl (C=O) groups is 2. The zero-order chi connectivity index (χ0) is 24.8. The van der Waals surface area contributed by atoms with Crippen molar-refractivity contribution in [2.75, 3.05) is 11.1 Å². The molecule has 0 bridgehead atoms. The number of carbonyl (C=O) groups excluding carboxylic acids is 2. The van der Waals surface area contributed by atoms with Crippen molar-refractivity contribution in [3.8, 4) is 0 Å². The van der Waals surface area contributed by atoms with Crippen LogP contribution in [0.5, 0.6) is 0 Å². The van der Waals surface area contributed by atoms with Gasteiger partial charge in [-0.05, 0) is 38.0 Å². The molecule has 1 atom stereocenters. The fourth-order valence-corrected chi connectivity index (χ4v) is 4.46. The van der Waals surface area contributed by atoms with Gasteiger partial charge in [-0.25, -0.2) is 4.98 Å². The number of rotatable bonds is 9.